The summed E-state index contributed by atoms with van der Waals surface area (Å²) in [5, 5.41) is 6.21. The smallest absolute Gasteiger partial charge is 0.742 e. The number of aliphatic carboxylic acids is 1. The molecule has 0 aromatic rings. The van der Waals surface area contributed by atoms with E-state index in [-0.39, 0.29) is 29.6 Å². The van der Waals surface area contributed by atoms with Crippen molar-refractivity contribution in [3.8, 4) is 0 Å². The van der Waals surface area contributed by atoms with Crippen LogP contribution in [0.15, 0.2) is 24.8 Å². The molecule has 0 saturated carbocycles. The van der Waals surface area contributed by atoms with Gasteiger partial charge < -0.3 is 9.66 Å². The largest absolute Gasteiger partial charge is 1.00 e. The molecule has 0 aromatic heterocycles. The van der Waals surface area contributed by atoms with E-state index < -0.39 is 21.2 Å². The summed E-state index contributed by atoms with van der Waals surface area (Å²) in [6.45, 7) is 4.41. The Kier molecular flexibility index (Phi) is 13.4. The van der Waals surface area contributed by atoms with Gasteiger partial charge in [-0.25, -0.2) is 13.2 Å². The SMILES string of the molecule is C=CC(=O)O.CC=CC(=O)S(=O)(=O)[O-].[Na+]. The van der Waals surface area contributed by atoms with E-state index in [1.807, 2.05) is 0 Å². The quantitative estimate of drug-likeness (QED) is 0.313. The van der Waals surface area contributed by atoms with Gasteiger partial charge in [-0.05, 0) is 13.0 Å². The topological polar surface area (TPSA) is 112 Å². The molecule has 0 atom stereocenters. The Balaban J connectivity index is -0.000000208. The van der Waals surface area contributed by atoms with E-state index >= 15 is 0 Å². The predicted molar refractivity (Wildman–Crippen MR) is 47.4 cm³/mol. The Hall–Kier alpha value is -0.470. The van der Waals surface area contributed by atoms with Crippen molar-refractivity contribution in [3.63, 3.8) is 0 Å². The third-order valence-corrected chi connectivity index (χ3v) is 1.35. The van der Waals surface area contributed by atoms with Gasteiger partial charge in [0.25, 0.3) is 5.12 Å². The van der Waals surface area contributed by atoms with Gasteiger partial charge in [0, 0.05) is 6.08 Å². The molecular weight excluding hydrogens is 235 g/mol. The van der Waals surface area contributed by atoms with E-state index in [0.717, 1.165) is 6.08 Å². The predicted octanol–water partition coefficient (Wildman–Crippen LogP) is -3.10. The first-order valence-electron chi connectivity index (χ1n) is 3.23. The molecule has 0 aliphatic heterocycles. The number of carbonyl (C=O) groups excluding carboxylic acids is 1. The maximum Gasteiger partial charge on any atom is 1.00 e. The molecule has 0 bridgehead atoms. The zero-order valence-electron chi connectivity index (χ0n) is 8.34. The van der Waals surface area contributed by atoms with Crippen LogP contribution in [0.1, 0.15) is 6.92 Å². The van der Waals surface area contributed by atoms with Gasteiger partial charge in [-0.2, -0.15) is 0 Å². The van der Waals surface area contributed by atoms with Crippen molar-refractivity contribution in [2.45, 2.75) is 6.92 Å². The first-order valence-corrected chi connectivity index (χ1v) is 4.64. The molecule has 0 fully saturated rings. The number of allylic oxidation sites excluding steroid dienone is 1. The molecule has 0 aliphatic carbocycles. The summed E-state index contributed by atoms with van der Waals surface area (Å²) in [6.07, 6.45) is 2.74. The monoisotopic (exact) mass is 244 g/mol. The van der Waals surface area contributed by atoms with Crippen molar-refractivity contribution >= 4 is 21.2 Å². The number of hydrogen-bond acceptors (Lipinski definition) is 5. The fraction of sp³-hybridized carbons (Fsp3) is 0.143. The van der Waals surface area contributed by atoms with Crippen LogP contribution in [0, 0.1) is 0 Å². The van der Waals surface area contributed by atoms with Gasteiger partial charge in [-0.15, -0.1) is 0 Å². The van der Waals surface area contributed by atoms with Crippen LogP contribution in [0.25, 0.3) is 0 Å². The van der Waals surface area contributed by atoms with Crippen LogP contribution in [-0.2, 0) is 19.7 Å². The Morgan fingerprint density at radius 2 is 1.73 bits per heavy atom. The van der Waals surface area contributed by atoms with E-state index in [9.17, 15) is 22.6 Å². The molecule has 6 nitrogen and oxygen atoms in total. The van der Waals surface area contributed by atoms with Crippen LogP contribution < -0.4 is 29.6 Å². The number of hydrogen-bond donors (Lipinski definition) is 1. The van der Waals surface area contributed by atoms with Gasteiger partial charge in [-0.1, -0.05) is 12.7 Å². The molecular formula is C7H9NaO6S. The number of carboxylic acid groups (broad SMARTS) is 1. The van der Waals surface area contributed by atoms with E-state index in [2.05, 4.69) is 6.58 Å². The van der Waals surface area contributed by atoms with Gasteiger partial charge in [0.05, 0.1) is 0 Å². The fourth-order valence-corrected chi connectivity index (χ4v) is 0.522. The molecule has 1 N–H and O–H groups in total. The average Bonchev–Trinajstić information content (AvgIpc) is 2.04. The number of carbonyl (C=O) groups is 2. The summed E-state index contributed by atoms with van der Waals surface area (Å²) in [7, 11) is -4.74. The molecule has 0 radical (unpaired) electrons. The molecule has 80 valence electrons. The third kappa shape index (κ3) is 16.2. The maximum atomic E-state index is 10.1. The summed E-state index contributed by atoms with van der Waals surface area (Å²) in [6, 6.07) is 0. The zero-order valence-corrected chi connectivity index (χ0v) is 11.2. The van der Waals surface area contributed by atoms with Crippen molar-refractivity contribution in [2.75, 3.05) is 0 Å². The molecule has 0 aromatic carbocycles. The van der Waals surface area contributed by atoms with Crippen LogP contribution in [0.5, 0.6) is 0 Å². The van der Waals surface area contributed by atoms with Crippen LogP contribution in [0.2, 0.25) is 0 Å². The number of rotatable bonds is 2. The van der Waals surface area contributed by atoms with E-state index in [0.29, 0.717) is 6.08 Å². The number of carboxylic acids is 1. The molecule has 0 rings (SSSR count). The molecule has 15 heavy (non-hydrogen) atoms. The van der Waals surface area contributed by atoms with Crippen molar-refractivity contribution in [1.29, 1.82) is 0 Å². The fourth-order valence-electron chi connectivity index (χ4n) is 0.219. The normalized spacial score (nSPS) is 9.47. The van der Waals surface area contributed by atoms with E-state index in [1.54, 1.807) is 0 Å². The van der Waals surface area contributed by atoms with Crippen molar-refractivity contribution in [2.24, 2.45) is 0 Å². The molecule has 0 saturated heterocycles. The Morgan fingerprint density at radius 3 is 1.80 bits per heavy atom. The molecule has 0 amide bonds. The van der Waals surface area contributed by atoms with Crippen molar-refractivity contribution in [3.05, 3.63) is 24.8 Å². The van der Waals surface area contributed by atoms with Gasteiger partial charge in [-0.3, -0.25) is 4.79 Å². The summed E-state index contributed by atoms with van der Waals surface area (Å²) in [5.41, 5.74) is 0. The van der Waals surface area contributed by atoms with Gasteiger partial charge in [0.2, 0.25) is 0 Å². The van der Waals surface area contributed by atoms with Gasteiger partial charge in [0.15, 0.2) is 10.1 Å². The average molecular weight is 244 g/mol. The van der Waals surface area contributed by atoms with Crippen LogP contribution >= 0.6 is 0 Å². The first-order chi connectivity index (χ1) is 6.25. The summed E-state index contributed by atoms with van der Waals surface area (Å²) >= 11 is 0. The summed E-state index contributed by atoms with van der Waals surface area (Å²) < 4.78 is 29.3. The van der Waals surface area contributed by atoms with Crippen molar-refractivity contribution in [1.82, 2.24) is 0 Å². The third-order valence-electron chi connectivity index (χ3n) is 0.724. The minimum atomic E-state index is -4.74. The molecule has 8 heteroatoms. The van der Waals surface area contributed by atoms with Crippen LogP contribution in [0.4, 0.5) is 0 Å². The van der Waals surface area contributed by atoms with Gasteiger partial charge >= 0.3 is 35.5 Å². The van der Waals surface area contributed by atoms with E-state index in [1.165, 1.54) is 13.0 Å². The second kappa shape index (κ2) is 10.1. The zero-order chi connectivity index (χ0) is 11.8. The Bertz CT molecular complexity index is 342. The molecule has 0 aliphatic rings. The Labute approximate surface area is 110 Å². The Morgan fingerprint density at radius 1 is 1.40 bits per heavy atom. The van der Waals surface area contributed by atoms with Gasteiger partial charge in [0.1, 0.15) is 0 Å². The first kappa shape index (κ1) is 20.0. The molecule has 0 unspecified atom stereocenters. The van der Waals surface area contributed by atoms with Crippen LogP contribution in [0.3, 0.4) is 0 Å². The van der Waals surface area contributed by atoms with Crippen LogP contribution in [-0.4, -0.2) is 29.2 Å². The standard InChI is InChI=1S/C4H6O4S.C3H4O2.Na/c1-2-3-4(5)9(6,7)8;1-2-3(4)5;/h2-3H,1H3,(H,6,7,8);2H,1H2,(H,4,5);/q;;+1/p-1. The maximum absolute atomic E-state index is 10.1. The molecule has 0 spiro atoms. The minimum Gasteiger partial charge on any atom is -0.742 e. The second-order valence-corrected chi connectivity index (χ2v) is 3.13. The summed E-state index contributed by atoms with van der Waals surface area (Å²) in [5.74, 6) is -0.981. The summed E-state index contributed by atoms with van der Waals surface area (Å²) in [4.78, 5) is 19.3. The molecule has 0 heterocycles. The minimum absolute atomic E-state index is 0. The van der Waals surface area contributed by atoms with Crippen molar-refractivity contribution < 1.29 is 57.2 Å². The second-order valence-electron chi connectivity index (χ2n) is 1.82. The van der Waals surface area contributed by atoms with E-state index in [4.69, 9.17) is 5.11 Å².